The Hall–Kier alpha value is -1.21. The van der Waals surface area contributed by atoms with Crippen molar-refractivity contribution in [1.82, 2.24) is 14.9 Å². The number of nitrogens with two attached hydrogens (primary N) is 1. The summed E-state index contributed by atoms with van der Waals surface area (Å²) in [6.07, 6.45) is 3.80. The number of thiazole rings is 1. The summed E-state index contributed by atoms with van der Waals surface area (Å²) in [4.78, 5) is 22.3. The zero-order chi connectivity index (χ0) is 14.5. The van der Waals surface area contributed by atoms with Gasteiger partial charge in [0.2, 0.25) is 5.91 Å². The van der Waals surface area contributed by atoms with E-state index in [-0.39, 0.29) is 36.8 Å². The second-order valence-electron chi connectivity index (χ2n) is 4.65. The van der Waals surface area contributed by atoms with Crippen molar-refractivity contribution < 1.29 is 4.79 Å². The molecule has 0 aliphatic rings. The second kappa shape index (κ2) is 9.74. The molecule has 0 saturated heterocycles. The molecule has 5 nitrogen and oxygen atoms in total. The van der Waals surface area contributed by atoms with Crippen molar-refractivity contribution in [3.63, 3.8) is 0 Å². The topological polar surface area (TPSA) is 72.1 Å². The van der Waals surface area contributed by atoms with Crippen LogP contribution in [0.15, 0.2) is 29.9 Å². The first-order valence-electron chi connectivity index (χ1n) is 6.42. The fourth-order valence-corrected chi connectivity index (χ4v) is 2.50. The lowest BCUT2D eigenvalue weighted by Crippen LogP contribution is -2.40. The lowest BCUT2D eigenvalue weighted by molar-refractivity contribution is -0.130. The molecule has 1 atom stereocenters. The van der Waals surface area contributed by atoms with Gasteiger partial charge in [-0.05, 0) is 19.1 Å². The molecule has 8 heteroatoms. The number of likely N-dealkylation sites (N-methyl/N-ethyl adjacent to an activating group) is 1. The van der Waals surface area contributed by atoms with Crippen molar-refractivity contribution in [2.45, 2.75) is 19.4 Å². The third-order valence-electron chi connectivity index (χ3n) is 3.19. The maximum absolute atomic E-state index is 12.1. The van der Waals surface area contributed by atoms with Crippen molar-refractivity contribution >= 4 is 42.1 Å². The van der Waals surface area contributed by atoms with Gasteiger partial charge in [-0.1, -0.05) is 0 Å². The Bertz CT molecular complexity index is 579. The van der Waals surface area contributed by atoms with E-state index in [0.717, 1.165) is 16.3 Å². The molecule has 2 N–H and O–H groups in total. The van der Waals surface area contributed by atoms with Crippen LogP contribution in [-0.2, 0) is 11.2 Å². The fourth-order valence-electron chi connectivity index (χ4n) is 1.69. The standard InChI is InChI=1S/C14H18N4OS.2ClH/c1-10(7-15)18(2)13(19)6-12-9-20-14(17-12)11-4-3-5-16-8-11;;/h3-5,8-10H,6-7,15H2,1-2H3;2*1H. The number of halogens is 2. The van der Waals surface area contributed by atoms with Crippen LogP contribution < -0.4 is 5.73 Å². The van der Waals surface area contributed by atoms with Crippen molar-refractivity contribution in [2.75, 3.05) is 13.6 Å². The fraction of sp³-hybridized carbons (Fsp3) is 0.357. The average Bonchev–Trinajstić information content (AvgIpc) is 2.95. The molecule has 1 amide bonds. The third-order valence-corrected chi connectivity index (χ3v) is 4.13. The predicted octanol–water partition coefficient (Wildman–Crippen LogP) is 2.40. The summed E-state index contributed by atoms with van der Waals surface area (Å²) in [6.45, 7) is 2.39. The normalized spacial score (nSPS) is 11.0. The lowest BCUT2D eigenvalue weighted by atomic mass is 10.2. The summed E-state index contributed by atoms with van der Waals surface area (Å²) in [7, 11) is 1.77. The minimum Gasteiger partial charge on any atom is -0.341 e. The number of nitrogens with zero attached hydrogens (tertiary/aromatic N) is 3. The zero-order valence-corrected chi connectivity index (χ0v) is 14.9. The Labute approximate surface area is 146 Å². The number of rotatable bonds is 5. The van der Waals surface area contributed by atoms with Gasteiger partial charge in [-0.2, -0.15) is 0 Å². The highest BCUT2D eigenvalue weighted by Crippen LogP contribution is 2.23. The second-order valence-corrected chi connectivity index (χ2v) is 5.51. The Kier molecular flexibility index (Phi) is 9.20. The molecule has 0 aliphatic heterocycles. The van der Waals surface area contributed by atoms with Crippen LogP contribution in [0.4, 0.5) is 0 Å². The molecule has 0 aliphatic carbocycles. The van der Waals surface area contributed by atoms with Crippen molar-refractivity contribution in [1.29, 1.82) is 0 Å². The average molecular weight is 363 g/mol. The van der Waals surface area contributed by atoms with E-state index >= 15 is 0 Å². The summed E-state index contributed by atoms with van der Waals surface area (Å²) in [5.41, 5.74) is 7.33. The van der Waals surface area contributed by atoms with Gasteiger partial charge in [0, 0.05) is 43.0 Å². The third kappa shape index (κ3) is 5.21. The number of carbonyl (C=O) groups excluding carboxylic acids is 1. The highest BCUT2D eigenvalue weighted by atomic mass is 35.5. The molecule has 0 spiro atoms. The van der Waals surface area contributed by atoms with Gasteiger partial charge in [0.15, 0.2) is 0 Å². The van der Waals surface area contributed by atoms with E-state index in [1.165, 1.54) is 11.3 Å². The van der Waals surface area contributed by atoms with E-state index in [2.05, 4.69) is 9.97 Å². The molecule has 0 radical (unpaired) electrons. The maximum atomic E-state index is 12.1. The van der Waals surface area contributed by atoms with Crippen LogP contribution in [-0.4, -0.2) is 40.4 Å². The number of carbonyl (C=O) groups is 1. The molecule has 2 rings (SSSR count). The lowest BCUT2D eigenvalue weighted by Gasteiger charge is -2.23. The van der Waals surface area contributed by atoms with E-state index in [0.29, 0.717) is 13.0 Å². The molecule has 2 aromatic rings. The molecule has 1 unspecified atom stereocenters. The van der Waals surface area contributed by atoms with Crippen LogP contribution in [0.1, 0.15) is 12.6 Å². The number of pyridine rings is 1. The minimum absolute atomic E-state index is 0. The van der Waals surface area contributed by atoms with Crippen LogP contribution >= 0.6 is 36.2 Å². The summed E-state index contributed by atoms with van der Waals surface area (Å²) < 4.78 is 0. The first kappa shape index (κ1) is 20.8. The molecule has 0 fully saturated rings. The molecule has 2 heterocycles. The summed E-state index contributed by atoms with van der Waals surface area (Å²) in [5, 5.41) is 2.80. The van der Waals surface area contributed by atoms with Crippen LogP contribution in [0.5, 0.6) is 0 Å². The van der Waals surface area contributed by atoms with Gasteiger partial charge in [0.25, 0.3) is 0 Å². The van der Waals surface area contributed by atoms with E-state index in [9.17, 15) is 4.79 Å². The summed E-state index contributed by atoms with van der Waals surface area (Å²) >= 11 is 1.52. The molecule has 122 valence electrons. The van der Waals surface area contributed by atoms with Crippen LogP contribution in [0.25, 0.3) is 10.6 Å². The van der Waals surface area contributed by atoms with Crippen LogP contribution in [0.3, 0.4) is 0 Å². The van der Waals surface area contributed by atoms with E-state index < -0.39 is 0 Å². The molecule has 22 heavy (non-hydrogen) atoms. The number of aromatic nitrogens is 2. The van der Waals surface area contributed by atoms with Crippen molar-refractivity contribution in [3.8, 4) is 10.6 Å². The van der Waals surface area contributed by atoms with Crippen LogP contribution in [0.2, 0.25) is 0 Å². The monoisotopic (exact) mass is 362 g/mol. The Morgan fingerprint density at radius 3 is 2.77 bits per heavy atom. The highest BCUT2D eigenvalue weighted by molar-refractivity contribution is 7.13. The van der Waals surface area contributed by atoms with E-state index in [1.807, 2.05) is 24.4 Å². The zero-order valence-electron chi connectivity index (χ0n) is 12.4. The minimum atomic E-state index is 0. The number of hydrogen-bond donors (Lipinski definition) is 1. The van der Waals surface area contributed by atoms with Gasteiger partial charge in [-0.15, -0.1) is 36.2 Å². The van der Waals surface area contributed by atoms with Gasteiger partial charge in [0.1, 0.15) is 5.01 Å². The smallest absolute Gasteiger partial charge is 0.228 e. The molecule has 0 saturated carbocycles. The Morgan fingerprint density at radius 1 is 1.45 bits per heavy atom. The summed E-state index contributed by atoms with van der Waals surface area (Å²) in [6, 6.07) is 3.87. The molecular formula is C14H20Cl2N4OS. The predicted molar refractivity (Wildman–Crippen MR) is 94.8 cm³/mol. The van der Waals surface area contributed by atoms with E-state index in [4.69, 9.17) is 5.73 Å². The Balaban J connectivity index is 0.00000220. The molecule has 2 aromatic heterocycles. The maximum Gasteiger partial charge on any atom is 0.228 e. The SMILES string of the molecule is CC(CN)N(C)C(=O)Cc1csc(-c2cccnc2)n1.Cl.Cl. The van der Waals surface area contributed by atoms with Crippen LogP contribution in [0, 0.1) is 0 Å². The van der Waals surface area contributed by atoms with Gasteiger partial charge in [0.05, 0.1) is 12.1 Å². The first-order valence-corrected chi connectivity index (χ1v) is 7.30. The summed E-state index contributed by atoms with van der Waals surface area (Å²) in [5.74, 6) is 0.0333. The molecule has 0 bridgehead atoms. The number of amides is 1. The number of hydrogen-bond acceptors (Lipinski definition) is 5. The van der Waals surface area contributed by atoms with Gasteiger partial charge in [-0.3, -0.25) is 9.78 Å². The van der Waals surface area contributed by atoms with Gasteiger partial charge in [-0.25, -0.2) is 4.98 Å². The van der Waals surface area contributed by atoms with Crippen molar-refractivity contribution in [2.24, 2.45) is 5.73 Å². The Morgan fingerprint density at radius 2 is 2.18 bits per heavy atom. The molecular weight excluding hydrogens is 343 g/mol. The van der Waals surface area contributed by atoms with Gasteiger partial charge >= 0.3 is 0 Å². The van der Waals surface area contributed by atoms with Crippen molar-refractivity contribution in [3.05, 3.63) is 35.6 Å². The van der Waals surface area contributed by atoms with E-state index in [1.54, 1.807) is 24.3 Å². The quantitative estimate of drug-likeness (QED) is 0.886. The first-order chi connectivity index (χ1) is 9.61. The van der Waals surface area contributed by atoms with Gasteiger partial charge < -0.3 is 10.6 Å². The largest absolute Gasteiger partial charge is 0.341 e. The highest BCUT2D eigenvalue weighted by Gasteiger charge is 2.16. The molecule has 0 aromatic carbocycles.